The van der Waals surface area contributed by atoms with Gasteiger partial charge >= 0.3 is 0 Å². The molecule has 4 rings (SSSR count). The van der Waals surface area contributed by atoms with E-state index in [1.807, 2.05) is 0 Å². The van der Waals surface area contributed by atoms with Gasteiger partial charge in [-0.3, -0.25) is 0 Å². The molecule has 0 bridgehead atoms. The zero-order valence-corrected chi connectivity index (χ0v) is 21.0. The number of rotatable bonds is 4. The molecular formula is C32H36. The molecule has 0 amide bonds. The number of allylic oxidation sites excluding steroid dienone is 3. The third kappa shape index (κ3) is 3.47. The van der Waals surface area contributed by atoms with Gasteiger partial charge in [0, 0.05) is 0 Å². The number of hydrogen-bond donors (Lipinski definition) is 0. The zero-order valence-electron chi connectivity index (χ0n) is 21.0. The van der Waals surface area contributed by atoms with Crippen molar-refractivity contribution in [2.24, 2.45) is 5.92 Å². The first-order valence-corrected chi connectivity index (χ1v) is 12.0. The van der Waals surface area contributed by atoms with Gasteiger partial charge in [0.25, 0.3) is 0 Å². The Morgan fingerprint density at radius 2 is 1.44 bits per heavy atom. The Morgan fingerprint density at radius 1 is 0.812 bits per heavy atom. The second-order valence-corrected chi connectivity index (χ2v) is 9.61. The molecule has 0 saturated heterocycles. The lowest BCUT2D eigenvalue weighted by atomic mass is 9.87. The summed E-state index contributed by atoms with van der Waals surface area (Å²) in [5.74, 6) is 0.563. The Kier molecular flexibility index (Phi) is 5.99. The van der Waals surface area contributed by atoms with Crippen molar-refractivity contribution in [3.05, 3.63) is 93.6 Å². The molecule has 0 heteroatoms. The first kappa shape index (κ1) is 22.3. The summed E-state index contributed by atoms with van der Waals surface area (Å²) in [6, 6.07) is 18.4. The quantitative estimate of drug-likeness (QED) is 0.308. The second kappa shape index (κ2) is 8.58. The summed E-state index contributed by atoms with van der Waals surface area (Å²) in [5.41, 5.74) is 18.0. The van der Waals surface area contributed by atoms with Crippen molar-refractivity contribution in [1.29, 1.82) is 0 Å². The van der Waals surface area contributed by atoms with Gasteiger partial charge < -0.3 is 0 Å². The van der Waals surface area contributed by atoms with E-state index in [-0.39, 0.29) is 0 Å². The largest absolute Gasteiger partial charge is 0.0791 e. The molecule has 0 N–H and O–H groups in total. The van der Waals surface area contributed by atoms with E-state index in [9.17, 15) is 0 Å². The van der Waals surface area contributed by atoms with E-state index in [0.717, 1.165) is 6.42 Å². The Balaban J connectivity index is 1.92. The molecule has 1 unspecified atom stereocenters. The maximum absolute atomic E-state index is 2.44. The van der Waals surface area contributed by atoms with Crippen LogP contribution >= 0.6 is 0 Å². The average molecular weight is 421 g/mol. The molecule has 32 heavy (non-hydrogen) atoms. The maximum Gasteiger partial charge on any atom is -0.00668 e. The molecular weight excluding hydrogens is 384 g/mol. The minimum absolute atomic E-state index is 0.563. The summed E-state index contributed by atoms with van der Waals surface area (Å²) in [5, 5.41) is 0. The Morgan fingerprint density at radius 3 is 2.03 bits per heavy atom. The number of benzene rings is 3. The molecule has 0 spiro atoms. The van der Waals surface area contributed by atoms with Crippen LogP contribution in [0.3, 0.4) is 0 Å². The minimum Gasteiger partial charge on any atom is -0.0791 e. The first-order valence-electron chi connectivity index (χ1n) is 12.0. The van der Waals surface area contributed by atoms with Gasteiger partial charge in [-0.05, 0) is 127 Å². The standard InChI is InChI=1S/C32H36/c1-9-20(5)30(19(3)4)24-14-15-27-28-17-16-26(31-21(6)12-11-13-22(31)7)23(8)32(28)25(10-2)29(27)18-24/h10-18,20H,9H2,1-8H3. The van der Waals surface area contributed by atoms with Crippen molar-refractivity contribution in [2.45, 2.75) is 61.8 Å². The summed E-state index contributed by atoms with van der Waals surface area (Å²) in [7, 11) is 0. The summed E-state index contributed by atoms with van der Waals surface area (Å²) >= 11 is 0. The Hall–Kier alpha value is -2.86. The van der Waals surface area contributed by atoms with E-state index >= 15 is 0 Å². The number of aryl methyl sites for hydroxylation is 2. The fourth-order valence-corrected chi connectivity index (χ4v) is 5.67. The van der Waals surface area contributed by atoms with Crippen LogP contribution in [-0.4, -0.2) is 0 Å². The van der Waals surface area contributed by atoms with Gasteiger partial charge in [0.1, 0.15) is 0 Å². The summed E-state index contributed by atoms with van der Waals surface area (Å²) in [6.45, 7) is 18.1. The van der Waals surface area contributed by atoms with Gasteiger partial charge in [-0.2, -0.15) is 0 Å². The van der Waals surface area contributed by atoms with Gasteiger partial charge in [-0.1, -0.05) is 68.0 Å². The van der Waals surface area contributed by atoms with Crippen molar-refractivity contribution in [3.8, 4) is 22.3 Å². The maximum atomic E-state index is 2.44. The Bertz CT molecular complexity index is 1240. The number of fused-ring (bicyclic) bond motifs is 3. The van der Waals surface area contributed by atoms with Crippen molar-refractivity contribution in [3.63, 3.8) is 0 Å². The highest BCUT2D eigenvalue weighted by molar-refractivity contribution is 6.04. The van der Waals surface area contributed by atoms with E-state index in [1.165, 1.54) is 72.4 Å². The van der Waals surface area contributed by atoms with Gasteiger partial charge in [-0.25, -0.2) is 0 Å². The molecule has 0 nitrogen and oxygen atoms in total. The van der Waals surface area contributed by atoms with Crippen molar-refractivity contribution >= 4 is 11.1 Å². The second-order valence-electron chi connectivity index (χ2n) is 9.61. The van der Waals surface area contributed by atoms with Crippen LogP contribution in [0.1, 0.15) is 74.4 Å². The van der Waals surface area contributed by atoms with Crippen LogP contribution in [0.5, 0.6) is 0 Å². The molecule has 0 heterocycles. The van der Waals surface area contributed by atoms with Gasteiger partial charge in [0.15, 0.2) is 0 Å². The lowest BCUT2D eigenvalue weighted by Crippen LogP contribution is -2.00. The van der Waals surface area contributed by atoms with Crippen molar-refractivity contribution < 1.29 is 0 Å². The summed E-state index contributed by atoms with van der Waals surface area (Å²) in [6.07, 6.45) is 3.47. The van der Waals surface area contributed by atoms with Crippen LogP contribution in [0.15, 0.2) is 60.2 Å². The van der Waals surface area contributed by atoms with E-state index < -0.39 is 0 Å². The molecule has 3 aromatic rings. The normalized spacial score (nSPS) is 14.3. The van der Waals surface area contributed by atoms with Crippen LogP contribution < -0.4 is 0 Å². The molecule has 1 aliphatic carbocycles. The summed E-state index contributed by atoms with van der Waals surface area (Å²) < 4.78 is 0. The van der Waals surface area contributed by atoms with Gasteiger partial charge in [0.05, 0.1) is 0 Å². The first-order chi connectivity index (χ1) is 15.3. The Labute approximate surface area is 194 Å². The van der Waals surface area contributed by atoms with E-state index in [4.69, 9.17) is 0 Å². The SMILES string of the molecule is CC=C1c2cc(C(=C(C)C)C(C)CC)ccc2-c2ccc(-c3c(C)cccc3C)c(C)c21. The lowest BCUT2D eigenvalue weighted by Gasteiger charge is -2.18. The highest BCUT2D eigenvalue weighted by atomic mass is 14.3. The monoisotopic (exact) mass is 420 g/mol. The highest BCUT2D eigenvalue weighted by Gasteiger charge is 2.27. The summed E-state index contributed by atoms with van der Waals surface area (Å²) in [4.78, 5) is 0. The highest BCUT2D eigenvalue weighted by Crippen LogP contribution is 2.49. The molecule has 164 valence electrons. The molecule has 0 saturated carbocycles. The van der Waals surface area contributed by atoms with Crippen LogP contribution in [0.25, 0.3) is 33.4 Å². The van der Waals surface area contributed by atoms with Crippen LogP contribution in [0.4, 0.5) is 0 Å². The molecule has 0 fully saturated rings. The molecule has 3 aromatic carbocycles. The minimum atomic E-state index is 0.563. The molecule has 1 atom stereocenters. The van der Waals surface area contributed by atoms with Gasteiger partial charge in [0.2, 0.25) is 0 Å². The van der Waals surface area contributed by atoms with Crippen LogP contribution in [0, 0.1) is 26.7 Å². The van der Waals surface area contributed by atoms with E-state index in [2.05, 4.69) is 110 Å². The van der Waals surface area contributed by atoms with Gasteiger partial charge in [-0.15, -0.1) is 0 Å². The number of hydrogen-bond acceptors (Lipinski definition) is 0. The average Bonchev–Trinajstić information content (AvgIpc) is 3.08. The topological polar surface area (TPSA) is 0 Å². The molecule has 0 radical (unpaired) electrons. The predicted molar refractivity (Wildman–Crippen MR) is 142 cm³/mol. The predicted octanol–water partition coefficient (Wildman–Crippen LogP) is 9.55. The fourth-order valence-electron chi connectivity index (χ4n) is 5.67. The van der Waals surface area contributed by atoms with Crippen LogP contribution in [-0.2, 0) is 0 Å². The molecule has 0 aromatic heterocycles. The third-order valence-corrected chi connectivity index (χ3v) is 7.33. The fraction of sp³-hybridized carbons (Fsp3) is 0.312. The van der Waals surface area contributed by atoms with E-state index in [0.29, 0.717) is 5.92 Å². The smallest absolute Gasteiger partial charge is 0.00668 e. The van der Waals surface area contributed by atoms with Crippen molar-refractivity contribution in [2.75, 3.05) is 0 Å². The molecule has 1 aliphatic rings. The lowest BCUT2D eigenvalue weighted by molar-refractivity contribution is 0.713. The van der Waals surface area contributed by atoms with Crippen LogP contribution in [0.2, 0.25) is 0 Å². The zero-order chi connectivity index (χ0) is 23.2. The third-order valence-electron chi connectivity index (χ3n) is 7.33. The van der Waals surface area contributed by atoms with Crippen molar-refractivity contribution in [1.82, 2.24) is 0 Å². The molecule has 0 aliphatic heterocycles. The van der Waals surface area contributed by atoms with E-state index in [1.54, 1.807) is 0 Å².